The van der Waals surface area contributed by atoms with Crippen LogP contribution < -0.4 is 4.74 Å². The number of aromatic nitrogens is 1. The zero-order chi connectivity index (χ0) is 6.53. The van der Waals surface area contributed by atoms with E-state index in [0.29, 0.717) is 5.88 Å². The Hall–Kier alpha value is -1.43. The average molecular weight is 122 g/mol. The molecule has 1 aromatic rings. The van der Waals surface area contributed by atoms with E-state index in [1.807, 2.05) is 12.1 Å². The van der Waals surface area contributed by atoms with Crippen molar-refractivity contribution in [2.24, 2.45) is 0 Å². The number of hydrogen-bond acceptors (Lipinski definition) is 2. The lowest BCUT2D eigenvalue weighted by Gasteiger charge is -1.92. The molecule has 0 saturated carbocycles. The van der Waals surface area contributed by atoms with Crippen LogP contribution >= 0.6 is 0 Å². The van der Waals surface area contributed by atoms with Crippen LogP contribution in [0.25, 0.3) is 0 Å². The van der Waals surface area contributed by atoms with Gasteiger partial charge in [-0.2, -0.15) is 5.26 Å². The summed E-state index contributed by atoms with van der Waals surface area (Å²) in [4.78, 5) is 2.80. The minimum absolute atomic E-state index is 0.0977. The maximum absolute atomic E-state index is 8.08. The molecule has 3 heteroatoms. The van der Waals surface area contributed by atoms with Gasteiger partial charge in [0.25, 0.3) is 0 Å². The maximum Gasteiger partial charge on any atom is 0.191 e. The van der Waals surface area contributed by atoms with Gasteiger partial charge in [-0.15, -0.1) is 0 Å². The molecule has 1 heterocycles. The van der Waals surface area contributed by atoms with Crippen LogP contribution in [0, 0.1) is 11.3 Å². The van der Waals surface area contributed by atoms with Crippen LogP contribution in [-0.2, 0) is 0 Å². The highest BCUT2D eigenvalue weighted by atomic mass is 16.5. The number of nitriles is 1. The lowest BCUT2D eigenvalue weighted by Crippen LogP contribution is -1.92. The first kappa shape index (κ1) is 5.70. The largest absolute Gasteiger partial charge is 0.464 e. The molecule has 0 aliphatic rings. The minimum atomic E-state index is 0.0977. The van der Waals surface area contributed by atoms with E-state index in [1.165, 1.54) is 0 Å². The fourth-order valence-electron chi connectivity index (χ4n) is 0.514. The van der Waals surface area contributed by atoms with E-state index >= 15 is 0 Å². The van der Waals surface area contributed by atoms with E-state index in [1.54, 1.807) is 12.3 Å². The summed E-state index contributed by atoms with van der Waals surface area (Å²) in [5, 5.41) is 8.08. The molecule has 1 N–H and O–H groups in total. The first-order valence-electron chi connectivity index (χ1n) is 2.56. The van der Waals surface area contributed by atoms with Crippen molar-refractivity contribution in [3.63, 3.8) is 0 Å². The molecule has 3 nitrogen and oxygen atoms in total. The zero-order valence-electron chi connectivity index (χ0n) is 4.79. The lowest BCUT2D eigenvalue weighted by atomic mass is 10.6. The fraction of sp³-hybridized carbons (Fsp3) is 0.167. The molecule has 0 aromatic carbocycles. The Morgan fingerprint density at radius 1 is 1.78 bits per heavy atom. The van der Waals surface area contributed by atoms with Gasteiger partial charge in [0.1, 0.15) is 6.07 Å². The molecule has 1 rings (SSSR count). The fourth-order valence-corrected chi connectivity index (χ4v) is 0.514. The van der Waals surface area contributed by atoms with Crippen molar-refractivity contribution in [1.82, 2.24) is 4.98 Å². The van der Waals surface area contributed by atoms with E-state index in [0.717, 1.165) is 0 Å². The van der Waals surface area contributed by atoms with E-state index in [2.05, 4.69) is 4.98 Å². The number of H-pyrrole nitrogens is 1. The molecule has 0 unspecified atom stereocenters. The maximum atomic E-state index is 8.08. The van der Waals surface area contributed by atoms with Crippen molar-refractivity contribution in [3.8, 4) is 11.9 Å². The molecule has 1 aromatic heterocycles. The van der Waals surface area contributed by atoms with Gasteiger partial charge in [0.2, 0.25) is 0 Å². The van der Waals surface area contributed by atoms with E-state index in [-0.39, 0.29) is 6.61 Å². The molecular formula is C6H6N2O. The molecule has 0 spiro atoms. The van der Waals surface area contributed by atoms with Gasteiger partial charge in [-0.05, 0) is 12.1 Å². The van der Waals surface area contributed by atoms with Crippen LogP contribution in [0.4, 0.5) is 0 Å². The highest BCUT2D eigenvalue weighted by Gasteiger charge is 1.87. The Balaban J connectivity index is 2.41. The summed E-state index contributed by atoms with van der Waals surface area (Å²) < 4.78 is 4.88. The highest BCUT2D eigenvalue weighted by Crippen LogP contribution is 2.02. The van der Waals surface area contributed by atoms with Crippen LogP contribution in [-0.4, -0.2) is 11.6 Å². The van der Waals surface area contributed by atoms with Crippen molar-refractivity contribution in [1.29, 1.82) is 5.26 Å². The lowest BCUT2D eigenvalue weighted by molar-refractivity contribution is 0.355. The van der Waals surface area contributed by atoms with Crippen LogP contribution in [0.5, 0.6) is 5.88 Å². The van der Waals surface area contributed by atoms with E-state index in [9.17, 15) is 0 Å². The third-order valence-corrected chi connectivity index (χ3v) is 0.862. The van der Waals surface area contributed by atoms with Gasteiger partial charge in [0.05, 0.1) is 0 Å². The molecule has 0 bridgehead atoms. The van der Waals surface area contributed by atoms with Gasteiger partial charge in [-0.1, -0.05) is 0 Å². The number of hydrogen-bond donors (Lipinski definition) is 1. The smallest absolute Gasteiger partial charge is 0.191 e. The van der Waals surface area contributed by atoms with Crippen molar-refractivity contribution in [2.45, 2.75) is 0 Å². The van der Waals surface area contributed by atoms with Crippen molar-refractivity contribution < 1.29 is 4.74 Å². The topological polar surface area (TPSA) is 48.8 Å². The van der Waals surface area contributed by atoms with Gasteiger partial charge in [0, 0.05) is 6.20 Å². The summed E-state index contributed by atoms with van der Waals surface area (Å²) in [5.41, 5.74) is 0. The monoisotopic (exact) mass is 122 g/mol. The summed E-state index contributed by atoms with van der Waals surface area (Å²) >= 11 is 0. The Morgan fingerprint density at radius 2 is 2.67 bits per heavy atom. The van der Waals surface area contributed by atoms with Gasteiger partial charge in [-0.3, -0.25) is 0 Å². The molecular weight excluding hydrogens is 116 g/mol. The Labute approximate surface area is 52.9 Å². The van der Waals surface area contributed by atoms with Crippen LogP contribution in [0.1, 0.15) is 0 Å². The second-order valence-corrected chi connectivity index (χ2v) is 1.48. The van der Waals surface area contributed by atoms with Crippen LogP contribution in [0.15, 0.2) is 18.3 Å². The third-order valence-electron chi connectivity index (χ3n) is 0.862. The number of nitrogens with one attached hydrogen (secondary N) is 1. The summed E-state index contributed by atoms with van der Waals surface area (Å²) in [7, 11) is 0. The standard InChI is InChI=1S/C6H6N2O/c7-3-5-9-6-2-1-4-8-6/h1-2,4,8H,5H2. The number of ether oxygens (including phenoxy) is 1. The normalized spacial score (nSPS) is 8.33. The van der Waals surface area contributed by atoms with Crippen molar-refractivity contribution in [2.75, 3.05) is 6.61 Å². The van der Waals surface area contributed by atoms with E-state index < -0.39 is 0 Å². The molecule has 9 heavy (non-hydrogen) atoms. The van der Waals surface area contributed by atoms with Gasteiger partial charge < -0.3 is 9.72 Å². The second-order valence-electron chi connectivity index (χ2n) is 1.48. The number of aromatic amines is 1. The van der Waals surface area contributed by atoms with Crippen molar-refractivity contribution >= 4 is 0 Å². The molecule has 0 aliphatic heterocycles. The summed E-state index contributed by atoms with van der Waals surface area (Å²) in [6.45, 7) is 0.0977. The first-order valence-corrected chi connectivity index (χ1v) is 2.56. The Kier molecular flexibility index (Phi) is 1.76. The predicted molar refractivity (Wildman–Crippen MR) is 31.9 cm³/mol. The second kappa shape index (κ2) is 2.78. The van der Waals surface area contributed by atoms with Gasteiger partial charge in [0.15, 0.2) is 12.5 Å². The van der Waals surface area contributed by atoms with Gasteiger partial charge >= 0.3 is 0 Å². The Bertz CT molecular complexity index is 197. The van der Waals surface area contributed by atoms with Crippen LogP contribution in [0.3, 0.4) is 0 Å². The number of rotatable bonds is 2. The molecule has 0 saturated heterocycles. The zero-order valence-corrected chi connectivity index (χ0v) is 4.79. The molecule has 0 aliphatic carbocycles. The molecule has 46 valence electrons. The quantitative estimate of drug-likeness (QED) is 0.634. The molecule has 0 atom stereocenters. The van der Waals surface area contributed by atoms with Gasteiger partial charge in [-0.25, -0.2) is 0 Å². The highest BCUT2D eigenvalue weighted by molar-refractivity contribution is 5.10. The minimum Gasteiger partial charge on any atom is -0.464 e. The number of nitrogens with zero attached hydrogens (tertiary/aromatic N) is 1. The first-order chi connectivity index (χ1) is 4.43. The molecule has 0 radical (unpaired) electrons. The van der Waals surface area contributed by atoms with Crippen LogP contribution in [0.2, 0.25) is 0 Å². The summed E-state index contributed by atoms with van der Waals surface area (Å²) in [6.07, 6.45) is 1.74. The molecule has 0 fully saturated rings. The predicted octanol–water partition coefficient (Wildman–Crippen LogP) is 0.917. The summed E-state index contributed by atoms with van der Waals surface area (Å²) in [5.74, 6) is 0.636. The third kappa shape index (κ3) is 1.50. The summed E-state index contributed by atoms with van der Waals surface area (Å²) in [6, 6.07) is 5.44. The molecule has 0 amide bonds. The average Bonchev–Trinajstić information content (AvgIpc) is 2.34. The van der Waals surface area contributed by atoms with Crippen molar-refractivity contribution in [3.05, 3.63) is 18.3 Å². The SMILES string of the molecule is N#CCOc1ccc[nH]1. The van der Waals surface area contributed by atoms with E-state index in [4.69, 9.17) is 10.00 Å². The Morgan fingerprint density at radius 3 is 3.22 bits per heavy atom.